The van der Waals surface area contributed by atoms with Crippen LogP contribution >= 0.6 is 34.2 Å². The molecule has 0 radical (unpaired) electrons. The molecule has 4 nitrogen and oxygen atoms in total. The second-order valence-electron chi connectivity index (χ2n) is 4.71. The molecule has 0 aliphatic rings. The van der Waals surface area contributed by atoms with Crippen molar-refractivity contribution in [1.82, 2.24) is 9.55 Å². The van der Waals surface area contributed by atoms with Gasteiger partial charge in [0.25, 0.3) is 0 Å². The van der Waals surface area contributed by atoms with Crippen LogP contribution in [0.4, 0.5) is 0 Å². The molecule has 21 heavy (non-hydrogen) atoms. The molecule has 0 unspecified atom stereocenters. The van der Waals surface area contributed by atoms with Gasteiger partial charge < -0.3 is 14.0 Å². The summed E-state index contributed by atoms with van der Waals surface area (Å²) >= 11 is 8.20. The fourth-order valence-electron chi connectivity index (χ4n) is 2.25. The van der Waals surface area contributed by atoms with Crippen molar-refractivity contribution in [3.63, 3.8) is 0 Å². The number of rotatable bonds is 9. The number of ether oxygens (including phenoxy) is 2. The summed E-state index contributed by atoms with van der Waals surface area (Å²) < 4.78 is 13.9. The van der Waals surface area contributed by atoms with Gasteiger partial charge in [0, 0.05) is 36.1 Å². The number of alkyl halides is 1. The Morgan fingerprint density at radius 3 is 2.90 bits per heavy atom. The van der Waals surface area contributed by atoms with Crippen molar-refractivity contribution in [1.29, 1.82) is 0 Å². The number of halogens is 2. The van der Waals surface area contributed by atoms with Gasteiger partial charge in [-0.3, -0.25) is 0 Å². The van der Waals surface area contributed by atoms with Crippen molar-refractivity contribution in [2.75, 3.05) is 32.8 Å². The number of aromatic nitrogens is 2. The van der Waals surface area contributed by atoms with Gasteiger partial charge in [-0.1, -0.05) is 0 Å². The topological polar surface area (TPSA) is 36.3 Å². The molecule has 0 N–H and O–H groups in total. The highest BCUT2D eigenvalue weighted by molar-refractivity contribution is 14.1. The lowest BCUT2D eigenvalue weighted by Gasteiger charge is -2.09. The second kappa shape index (κ2) is 8.92. The van der Waals surface area contributed by atoms with E-state index in [9.17, 15) is 0 Å². The molecule has 0 saturated heterocycles. The van der Waals surface area contributed by atoms with Crippen molar-refractivity contribution in [2.24, 2.45) is 0 Å². The average Bonchev–Trinajstić information content (AvgIpc) is 2.80. The molecule has 2 rings (SSSR count). The van der Waals surface area contributed by atoms with Gasteiger partial charge in [0.05, 0.1) is 24.2 Å². The van der Waals surface area contributed by atoms with Gasteiger partial charge in [-0.25, -0.2) is 4.98 Å². The van der Waals surface area contributed by atoms with Crippen molar-refractivity contribution >= 4 is 45.2 Å². The Labute approximate surface area is 143 Å². The SMILES string of the molecule is COCCOCCCn1c(CCCl)nc2cc(I)ccc21. The molecule has 0 atom stereocenters. The first-order valence-electron chi connectivity index (χ1n) is 7.03. The van der Waals surface area contributed by atoms with E-state index < -0.39 is 0 Å². The third-order valence-corrected chi connectivity index (χ3v) is 4.07. The fourth-order valence-corrected chi connectivity index (χ4v) is 2.89. The molecule has 0 aliphatic heterocycles. The molecular weight excluding hydrogens is 403 g/mol. The molecule has 116 valence electrons. The zero-order chi connectivity index (χ0) is 15.1. The van der Waals surface area contributed by atoms with Gasteiger partial charge in [0.2, 0.25) is 0 Å². The van der Waals surface area contributed by atoms with Crippen molar-refractivity contribution in [3.05, 3.63) is 27.6 Å². The maximum Gasteiger partial charge on any atom is 0.111 e. The lowest BCUT2D eigenvalue weighted by atomic mass is 10.3. The largest absolute Gasteiger partial charge is 0.382 e. The first-order chi connectivity index (χ1) is 10.3. The minimum Gasteiger partial charge on any atom is -0.382 e. The van der Waals surface area contributed by atoms with Crippen LogP contribution in [0.5, 0.6) is 0 Å². The number of hydrogen-bond donors (Lipinski definition) is 0. The molecule has 1 aromatic heterocycles. The summed E-state index contributed by atoms with van der Waals surface area (Å²) in [4.78, 5) is 4.70. The highest BCUT2D eigenvalue weighted by Gasteiger charge is 2.10. The Hall–Kier alpha value is -0.370. The Morgan fingerprint density at radius 1 is 1.29 bits per heavy atom. The molecule has 0 bridgehead atoms. The van der Waals surface area contributed by atoms with Crippen LogP contribution in [-0.4, -0.2) is 42.4 Å². The van der Waals surface area contributed by atoms with Crippen molar-refractivity contribution < 1.29 is 9.47 Å². The molecule has 0 spiro atoms. The molecule has 6 heteroatoms. The molecule has 0 amide bonds. The third-order valence-electron chi connectivity index (χ3n) is 3.21. The number of hydrogen-bond acceptors (Lipinski definition) is 3. The molecule has 1 heterocycles. The Kier molecular flexibility index (Phi) is 7.22. The summed E-state index contributed by atoms with van der Waals surface area (Å²) in [6.45, 7) is 2.92. The number of nitrogens with zero attached hydrogens (tertiary/aromatic N) is 2. The van der Waals surface area contributed by atoms with Crippen LogP contribution in [0.2, 0.25) is 0 Å². The maximum absolute atomic E-state index is 5.89. The second-order valence-corrected chi connectivity index (χ2v) is 6.33. The van der Waals surface area contributed by atoms with E-state index in [4.69, 9.17) is 26.1 Å². The predicted octanol–water partition coefficient (Wildman–Crippen LogP) is 3.48. The van der Waals surface area contributed by atoms with Crippen LogP contribution in [0.3, 0.4) is 0 Å². The molecule has 1 aromatic carbocycles. The third kappa shape index (κ3) is 4.81. The maximum atomic E-state index is 5.89. The van der Waals surface area contributed by atoms with Crippen LogP contribution in [-0.2, 0) is 22.4 Å². The van der Waals surface area contributed by atoms with E-state index in [0.29, 0.717) is 19.1 Å². The Bertz CT molecular complexity index is 574. The van der Waals surface area contributed by atoms with E-state index in [0.717, 1.165) is 37.3 Å². The lowest BCUT2D eigenvalue weighted by molar-refractivity contribution is 0.0680. The normalized spacial score (nSPS) is 11.4. The summed E-state index contributed by atoms with van der Waals surface area (Å²) in [6, 6.07) is 6.35. The highest BCUT2D eigenvalue weighted by atomic mass is 127. The predicted molar refractivity (Wildman–Crippen MR) is 94.2 cm³/mol. The fraction of sp³-hybridized carbons (Fsp3) is 0.533. The molecule has 0 fully saturated rings. The van der Waals surface area contributed by atoms with Crippen LogP contribution in [0.25, 0.3) is 11.0 Å². The van der Waals surface area contributed by atoms with Crippen LogP contribution in [0, 0.1) is 3.57 Å². The summed E-state index contributed by atoms with van der Waals surface area (Å²) in [5.74, 6) is 1.64. The van der Waals surface area contributed by atoms with E-state index in [-0.39, 0.29) is 0 Å². The van der Waals surface area contributed by atoms with Gasteiger partial charge in [-0.05, 0) is 47.2 Å². The van der Waals surface area contributed by atoms with E-state index >= 15 is 0 Å². The first kappa shape index (κ1) is 17.0. The lowest BCUT2D eigenvalue weighted by Crippen LogP contribution is -2.09. The van der Waals surface area contributed by atoms with Crippen LogP contribution in [0.15, 0.2) is 18.2 Å². The number of methoxy groups -OCH3 is 1. The van der Waals surface area contributed by atoms with Crippen molar-refractivity contribution in [3.8, 4) is 0 Å². The summed E-state index contributed by atoms with van der Waals surface area (Å²) in [7, 11) is 1.68. The number of imidazole rings is 1. The smallest absolute Gasteiger partial charge is 0.111 e. The van der Waals surface area contributed by atoms with E-state index in [1.54, 1.807) is 7.11 Å². The standard InChI is InChI=1S/C15H20ClIN2O2/c1-20-9-10-21-8-2-7-19-14-4-3-12(17)11-13(14)18-15(19)5-6-16/h3-4,11H,2,5-10H2,1H3. The summed E-state index contributed by atoms with van der Waals surface area (Å²) in [5.41, 5.74) is 2.22. The van der Waals surface area contributed by atoms with E-state index in [1.807, 2.05) is 0 Å². The molecule has 2 aromatic rings. The van der Waals surface area contributed by atoms with Crippen LogP contribution < -0.4 is 0 Å². The first-order valence-corrected chi connectivity index (χ1v) is 8.65. The highest BCUT2D eigenvalue weighted by Crippen LogP contribution is 2.20. The number of aryl methyl sites for hydroxylation is 2. The zero-order valence-corrected chi connectivity index (χ0v) is 15.1. The molecular formula is C15H20ClIN2O2. The van der Waals surface area contributed by atoms with Gasteiger partial charge in [0.1, 0.15) is 5.82 Å². The Morgan fingerprint density at radius 2 is 2.14 bits per heavy atom. The monoisotopic (exact) mass is 422 g/mol. The number of benzene rings is 1. The molecule has 0 saturated carbocycles. The van der Waals surface area contributed by atoms with E-state index in [1.165, 1.54) is 9.09 Å². The van der Waals surface area contributed by atoms with Gasteiger partial charge in [-0.15, -0.1) is 11.6 Å². The van der Waals surface area contributed by atoms with Crippen molar-refractivity contribution in [2.45, 2.75) is 19.4 Å². The summed E-state index contributed by atoms with van der Waals surface area (Å²) in [5, 5.41) is 0. The Balaban J connectivity index is 2.04. The van der Waals surface area contributed by atoms with Gasteiger partial charge in [0.15, 0.2) is 0 Å². The van der Waals surface area contributed by atoms with E-state index in [2.05, 4.69) is 45.4 Å². The number of fused-ring (bicyclic) bond motifs is 1. The zero-order valence-electron chi connectivity index (χ0n) is 12.1. The summed E-state index contributed by atoms with van der Waals surface area (Å²) in [6.07, 6.45) is 1.74. The quantitative estimate of drug-likeness (QED) is 0.353. The van der Waals surface area contributed by atoms with Gasteiger partial charge >= 0.3 is 0 Å². The minimum atomic E-state index is 0.588. The average molecular weight is 423 g/mol. The minimum absolute atomic E-state index is 0.588. The van der Waals surface area contributed by atoms with Crippen LogP contribution in [0.1, 0.15) is 12.2 Å². The molecule has 0 aliphatic carbocycles. The van der Waals surface area contributed by atoms with Gasteiger partial charge in [-0.2, -0.15) is 0 Å².